The zero-order chi connectivity index (χ0) is 24.4. The topological polar surface area (TPSA) is 77.1 Å². The third-order valence-corrected chi connectivity index (χ3v) is 5.94. The lowest BCUT2D eigenvalue weighted by atomic mass is 9.95. The van der Waals surface area contributed by atoms with E-state index in [-0.39, 0.29) is 35.7 Å². The van der Waals surface area contributed by atoms with E-state index >= 15 is 4.39 Å². The summed E-state index contributed by atoms with van der Waals surface area (Å²) in [6.07, 6.45) is 1.61. The molecule has 3 heterocycles. The molecule has 0 atom stereocenters. The zero-order valence-electron chi connectivity index (χ0n) is 18.5. The van der Waals surface area contributed by atoms with E-state index in [0.717, 1.165) is 6.07 Å². The maximum Gasteiger partial charge on any atom is 0.387 e. The number of rotatable bonds is 5. The van der Waals surface area contributed by atoms with E-state index in [1.807, 2.05) is 0 Å². The van der Waals surface area contributed by atoms with Crippen LogP contribution in [0.1, 0.15) is 25.5 Å². The number of aliphatic hydroxyl groups is 1. The molecule has 0 saturated carbocycles. The lowest BCUT2D eigenvalue weighted by Gasteiger charge is -2.34. The van der Waals surface area contributed by atoms with E-state index in [2.05, 4.69) is 15.5 Å². The van der Waals surface area contributed by atoms with Crippen LogP contribution in [-0.4, -0.2) is 37.7 Å². The number of alkyl halides is 2. The van der Waals surface area contributed by atoms with Gasteiger partial charge in [0.25, 0.3) is 0 Å². The number of anilines is 1. The summed E-state index contributed by atoms with van der Waals surface area (Å²) in [7, 11) is 0. The Morgan fingerprint density at radius 3 is 2.65 bits per heavy atom. The Bertz CT molecular complexity index is 1430. The number of halogens is 4. The number of hydrogen-bond acceptors (Lipinski definition) is 5. The average Bonchev–Trinajstić information content (AvgIpc) is 3.32. The van der Waals surface area contributed by atoms with Crippen LogP contribution < -0.4 is 10.1 Å². The van der Waals surface area contributed by atoms with E-state index in [4.69, 9.17) is 4.74 Å². The Hall–Kier alpha value is -3.60. The minimum absolute atomic E-state index is 0.0284. The molecule has 0 unspecified atom stereocenters. The molecular formula is C23H21F4N5O2. The average molecular weight is 475 g/mol. The van der Waals surface area contributed by atoms with Crippen LogP contribution >= 0.6 is 0 Å². The summed E-state index contributed by atoms with van der Waals surface area (Å²) >= 11 is 0. The van der Waals surface area contributed by atoms with Crippen LogP contribution in [0, 0.1) is 18.6 Å². The van der Waals surface area contributed by atoms with Crippen molar-refractivity contribution in [2.45, 2.75) is 39.5 Å². The second-order valence-electron chi connectivity index (χ2n) is 8.61. The standard InChI is InChI=1S/C23H21F4N5O2/c1-11-29-30-21-23(2,3)28-15-10-17(34-22(26)27)18(19(25)20(15)32(11)21)14-8-12(24)9-16-13(14)4-5-31(16)6-7-33/h4-5,8-10,22,28,33H,6-7H2,1-3H3. The molecule has 0 radical (unpaired) electrons. The quantitative estimate of drug-likeness (QED) is 0.408. The highest BCUT2D eigenvalue weighted by atomic mass is 19.3. The Morgan fingerprint density at radius 2 is 1.94 bits per heavy atom. The highest BCUT2D eigenvalue weighted by Crippen LogP contribution is 2.47. The molecule has 1 aliphatic heterocycles. The molecule has 11 heteroatoms. The van der Waals surface area contributed by atoms with Gasteiger partial charge in [0.15, 0.2) is 11.6 Å². The summed E-state index contributed by atoms with van der Waals surface area (Å²) in [5.74, 6) is -1.19. The van der Waals surface area contributed by atoms with Crippen molar-refractivity contribution in [1.82, 2.24) is 19.3 Å². The van der Waals surface area contributed by atoms with Crippen molar-refractivity contribution in [3.63, 3.8) is 0 Å². The van der Waals surface area contributed by atoms with Gasteiger partial charge in [-0.05, 0) is 39.0 Å². The van der Waals surface area contributed by atoms with E-state index in [9.17, 15) is 18.3 Å². The first-order chi connectivity index (χ1) is 16.1. The molecule has 1 aliphatic rings. The fourth-order valence-corrected chi connectivity index (χ4v) is 4.57. The molecule has 0 amide bonds. The van der Waals surface area contributed by atoms with Crippen molar-refractivity contribution in [3.8, 4) is 22.6 Å². The minimum Gasteiger partial charge on any atom is -0.434 e. The molecule has 178 valence electrons. The molecule has 0 fully saturated rings. The first-order valence-electron chi connectivity index (χ1n) is 10.5. The van der Waals surface area contributed by atoms with Crippen LogP contribution in [0.5, 0.6) is 5.75 Å². The molecule has 7 nitrogen and oxygen atoms in total. The molecule has 34 heavy (non-hydrogen) atoms. The van der Waals surface area contributed by atoms with Crippen LogP contribution in [0.25, 0.3) is 27.7 Å². The molecule has 2 aromatic carbocycles. The van der Waals surface area contributed by atoms with Crippen molar-refractivity contribution in [2.75, 3.05) is 11.9 Å². The second kappa shape index (κ2) is 7.73. The van der Waals surface area contributed by atoms with Crippen molar-refractivity contribution >= 4 is 16.6 Å². The van der Waals surface area contributed by atoms with Gasteiger partial charge in [0.1, 0.15) is 23.1 Å². The van der Waals surface area contributed by atoms with Crippen LogP contribution in [0.2, 0.25) is 0 Å². The van der Waals surface area contributed by atoms with E-state index in [0.29, 0.717) is 22.6 Å². The number of fused-ring (bicyclic) bond motifs is 4. The highest BCUT2D eigenvalue weighted by molar-refractivity contribution is 5.98. The number of aliphatic hydroxyl groups excluding tert-OH is 1. The van der Waals surface area contributed by atoms with Gasteiger partial charge in [-0.3, -0.25) is 4.57 Å². The predicted molar refractivity (Wildman–Crippen MR) is 117 cm³/mol. The Kier molecular flexibility index (Phi) is 5.05. The lowest BCUT2D eigenvalue weighted by molar-refractivity contribution is -0.0495. The summed E-state index contributed by atoms with van der Waals surface area (Å²) < 4.78 is 65.6. The predicted octanol–water partition coefficient (Wildman–Crippen LogP) is 4.73. The van der Waals surface area contributed by atoms with Crippen molar-refractivity contribution < 1.29 is 27.4 Å². The van der Waals surface area contributed by atoms with Crippen LogP contribution in [-0.2, 0) is 12.1 Å². The molecular weight excluding hydrogens is 454 g/mol. The van der Waals surface area contributed by atoms with Crippen molar-refractivity contribution in [3.05, 3.63) is 53.7 Å². The third kappa shape index (κ3) is 3.30. The van der Waals surface area contributed by atoms with E-state index < -0.39 is 29.5 Å². The van der Waals surface area contributed by atoms with Gasteiger partial charge in [-0.1, -0.05) is 0 Å². The Balaban J connectivity index is 1.86. The first-order valence-corrected chi connectivity index (χ1v) is 10.5. The van der Waals surface area contributed by atoms with E-state index in [1.165, 1.54) is 16.7 Å². The number of aromatic nitrogens is 4. The monoisotopic (exact) mass is 475 g/mol. The molecule has 2 aromatic heterocycles. The van der Waals surface area contributed by atoms with Gasteiger partial charge in [-0.15, -0.1) is 10.2 Å². The minimum atomic E-state index is -3.23. The Morgan fingerprint density at radius 1 is 1.18 bits per heavy atom. The van der Waals surface area contributed by atoms with Gasteiger partial charge in [0.2, 0.25) is 0 Å². The summed E-state index contributed by atoms with van der Waals surface area (Å²) in [6.45, 7) is 2.01. The Labute approximate surface area is 191 Å². The molecule has 0 bridgehead atoms. The summed E-state index contributed by atoms with van der Waals surface area (Å²) in [5, 5.41) is 21.1. The van der Waals surface area contributed by atoms with Crippen LogP contribution in [0.4, 0.5) is 23.2 Å². The van der Waals surface area contributed by atoms with Crippen LogP contribution in [0.3, 0.4) is 0 Å². The van der Waals surface area contributed by atoms with Gasteiger partial charge in [-0.2, -0.15) is 8.78 Å². The van der Waals surface area contributed by atoms with Gasteiger partial charge in [0, 0.05) is 29.8 Å². The first kappa shape index (κ1) is 22.2. The molecule has 4 aromatic rings. The largest absolute Gasteiger partial charge is 0.434 e. The number of nitrogens with zero attached hydrogens (tertiary/aromatic N) is 4. The fourth-order valence-electron chi connectivity index (χ4n) is 4.57. The number of hydrogen-bond donors (Lipinski definition) is 2. The molecule has 5 rings (SSSR count). The molecule has 0 saturated heterocycles. The van der Waals surface area contributed by atoms with Gasteiger partial charge in [-0.25, -0.2) is 8.78 Å². The maximum absolute atomic E-state index is 16.3. The second-order valence-corrected chi connectivity index (χ2v) is 8.61. The van der Waals surface area contributed by atoms with Gasteiger partial charge in [0.05, 0.1) is 28.9 Å². The lowest BCUT2D eigenvalue weighted by Crippen LogP contribution is -2.36. The summed E-state index contributed by atoms with van der Waals surface area (Å²) in [4.78, 5) is 0. The number of ether oxygens (including phenoxy) is 1. The number of benzene rings is 2. The maximum atomic E-state index is 16.3. The van der Waals surface area contributed by atoms with Crippen LogP contribution in [0.15, 0.2) is 30.5 Å². The van der Waals surface area contributed by atoms with Gasteiger partial charge >= 0.3 is 6.61 Å². The number of nitrogens with one attached hydrogen (secondary N) is 1. The number of aryl methyl sites for hydroxylation is 1. The summed E-state index contributed by atoms with van der Waals surface area (Å²) in [5.41, 5.74) is -0.434. The van der Waals surface area contributed by atoms with Crippen molar-refractivity contribution in [1.29, 1.82) is 0 Å². The molecule has 0 aliphatic carbocycles. The van der Waals surface area contributed by atoms with Gasteiger partial charge < -0.3 is 19.7 Å². The van der Waals surface area contributed by atoms with E-state index in [1.54, 1.807) is 37.6 Å². The third-order valence-electron chi connectivity index (χ3n) is 5.94. The highest BCUT2D eigenvalue weighted by Gasteiger charge is 2.38. The molecule has 2 N–H and O–H groups in total. The SMILES string of the molecule is Cc1nnc2n1-c1c(cc(OC(F)F)c(-c3cc(F)cc4c3ccn4CCO)c1F)NC2(C)C. The normalized spacial score (nSPS) is 14.3. The summed E-state index contributed by atoms with van der Waals surface area (Å²) in [6, 6.07) is 5.21. The fraction of sp³-hybridized carbons (Fsp3) is 0.304. The smallest absolute Gasteiger partial charge is 0.387 e. The zero-order valence-corrected chi connectivity index (χ0v) is 18.5. The van der Waals surface area contributed by atoms with Crippen molar-refractivity contribution in [2.24, 2.45) is 0 Å². The molecule has 0 spiro atoms.